The van der Waals surface area contributed by atoms with E-state index in [0.717, 1.165) is 12.1 Å². The van der Waals surface area contributed by atoms with Crippen molar-refractivity contribution < 1.29 is 27.4 Å². The van der Waals surface area contributed by atoms with Crippen LogP contribution in [0.25, 0.3) is 0 Å². The van der Waals surface area contributed by atoms with Crippen molar-refractivity contribution in [3.05, 3.63) is 28.0 Å². The first-order chi connectivity index (χ1) is 8.79. The Bertz CT molecular complexity index is 585. The first-order valence-corrected chi connectivity index (χ1v) is 7.77. The molecular weight excluding hydrogens is 343 g/mol. The van der Waals surface area contributed by atoms with Crippen molar-refractivity contribution in [2.24, 2.45) is 0 Å². The van der Waals surface area contributed by atoms with E-state index in [0.29, 0.717) is 6.61 Å². The number of hydrogen-bond acceptors (Lipinski definition) is 4. The van der Waals surface area contributed by atoms with Crippen LogP contribution in [0.15, 0.2) is 21.5 Å². The van der Waals surface area contributed by atoms with Gasteiger partial charge in [-0.25, -0.2) is 17.6 Å². The average Bonchev–Trinajstić information content (AvgIpc) is 2.31. The number of hydrogen-bond donors (Lipinski definition) is 1. The van der Waals surface area contributed by atoms with Gasteiger partial charge in [-0.15, -0.1) is 0 Å². The Morgan fingerprint density at radius 3 is 2.63 bits per heavy atom. The number of ether oxygens (including phenoxy) is 1. The molecule has 0 aliphatic heterocycles. The first-order valence-electron chi connectivity index (χ1n) is 5.32. The van der Waals surface area contributed by atoms with Gasteiger partial charge in [-0.05, 0) is 19.1 Å². The molecule has 1 rings (SSSR count). The van der Waals surface area contributed by atoms with Gasteiger partial charge in [0.15, 0.2) is 15.7 Å². The normalized spacial score (nSPS) is 11.5. The summed E-state index contributed by atoms with van der Waals surface area (Å²) in [4.78, 5) is 10.2. The predicted octanol–water partition coefficient (Wildman–Crippen LogP) is 2.10. The fourth-order valence-corrected chi connectivity index (χ4v) is 3.23. The standard InChI is InChI=1S/C11H12BrFO5S/c1-2-18-3-4-19(16,17)9-6-7(12)5-8(10(9)13)11(14)15/h5-6H,2-4H2,1H3,(H,14,15). The molecule has 0 amide bonds. The topological polar surface area (TPSA) is 80.7 Å². The van der Waals surface area contributed by atoms with Crippen molar-refractivity contribution in [3.8, 4) is 0 Å². The van der Waals surface area contributed by atoms with Crippen LogP contribution in [0.2, 0.25) is 0 Å². The minimum Gasteiger partial charge on any atom is -0.478 e. The van der Waals surface area contributed by atoms with Crippen molar-refractivity contribution in [3.63, 3.8) is 0 Å². The number of rotatable bonds is 6. The number of benzene rings is 1. The second kappa shape index (κ2) is 6.44. The third-order valence-electron chi connectivity index (χ3n) is 2.27. The van der Waals surface area contributed by atoms with E-state index in [9.17, 15) is 17.6 Å². The maximum atomic E-state index is 13.9. The van der Waals surface area contributed by atoms with E-state index in [-0.39, 0.29) is 11.1 Å². The number of carbonyl (C=O) groups is 1. The summed E-state index contributed by atoms with van der Waals surface area (Å²) in [6.07, 6.45) is 0. The lowest BCUT2D eigenvalue weighted by molar-refractivity contribution is 0.0691. The maximum Gasteiger partial charge on any atom is 0.338 e. The molecule has 5 nitrogen and oxygen atoms in total. The van der Waals surface area contributed by atoms with Crippen LogP contribution in [0, 0.1) is 5.82 Å². The summed E-state index contributed by atoms with van der Waals surface area (Å²) in [6.45, 7) is 1.97. The van der Waals surface area contributed by atoms with E-state index in [1.807, 2.05) is 0 Å². The molecule has 19 heavy (non-hydrogen) atoms. The van der Waals surface area contributed by atoms with Gasteiger partial charge in [-0.1, -0.05) is 15.9 Å². The highest BCUT2D eigenvalue weighted by Crippen LogP contribution is 2.25. The van der Waals surface area contributed by atoms with Gasteiger partial charge in [0.1, 0.15) is 4.90 Å². The Labute approximate surface area is 118 Å². The SMILES string of the molecule is CCOCCS(=O)(=O)c1cc(Br)cc(C(=O)O)c1F. The number of carboxylic acid groups (broad SMARTS) is 1. The molecule has 0 saturated heterocycles. The minimum absolute atomic E-state index is 0.0762. The Hall–Kier alpha value is -0.990. The third kappa shape index (κ3) is 3.99. The summed E-state index contributed by atoms with van der Waals surface area (Å²) >= 11 is 2.96. The Kier molecular flexibility index (Phi) is 5.45. The summed E-state index contributed by atoms with van der Waals surface area (Å²) in [5.41, 5.74) is -0.690. The second-order valence-electron chi connectivity index (χ2n) is 3.59. The van der Waals surface area contributed by atoms with Crippen LogP contribution >= 0.6 is 15.9 Å². The van der Waals surface area contributed by atoms with Gasteiger partial charge < -0.3 is 9.84 Å². The van der Waals surface area contributed by atoms with Gasteiger partial charge in [0.25, 0.3) is 0 Å². The van der Waals surface area contributed by atoms with E-state index >= 15 is 0 Å². The largest absolute Gasteiger partial charge is 0.478 e. The lowest BCUT2D eigenvalue weighted by Gasteiger charge is -2.08. The molecule has 0 saturated carbocycles. The molecule has 0 radical (unpaired) electrons. The Morgan fingerprint density at radius 2 is 2.11 bits per heavy atom. The van der Waals surface area contributed by atoms with Crippen LogP contribution in [-0.2, 0) is 14.6 Å². The predicted molar refractivity (Wildman–Crippen MR) is 69.6 cm³/mol. The molecule has 1 aromatic rings. The van der Waals surface area contributed by atoms with E-state index in [1.54, 1.807) is 6.92 Å². The van der Waals surface area contributed by atoms with E-state index in [1.165, 1.54) is 0 Å². The van der Waals surface area contributed by atoms with Crippen LogP contribution in [0.5, 0.6) is 0 Å². The fraction of sp³-hybridized carbons (Fsp3) is 0.364. The van der Waals surface area contributed by atoms with Crippen LogP contribution in [0.3, 0.4) is 0 Å². The number of sulfone groups is 1. The third-order valence-corrected chi connectivity index (χ3v) is 4.40. The lowest BCUT2D eigenvalue weighted by atomic mass is 10.2. The van der Waals surface area contributed by atoms with Crippen LogP contribution < -0.4 is 0 Å². The van der Waals surface area contributed by atoms with Gasteiger partial charge in [-0.3, -0.25) is 0 Å². The molecule has 0 atom stereocenters. The van der Waals surface area contributed by atoms with Crippen molar-refractivity contribution in [1.82, 2.24) is 0 Å². The number of carboxylic acids is 1. The molecule has 8 heteroatoms. The molecule has 0 spiro atoms. The molecule has 0 bridgehead atoms. The second-order valence-corrected chi connectivity index (χ2v) is 6.58. The molecule has 0 aliphatic rings. The quantitative estimate of drug-likeness (QED) is 0.791. The monoisotopic (exact) mass is 354 g/mol. The maximum absolute atomic E-state index is 13.9. The summed E-state index contributed by atoms with van der Waals surface area (Å²) in [5, 5.41) is 8.81. The van der Waals surface area contributed by atoms with Crippen LogP contribution in [-0.4, -0.2) is 38.5 Å². The van der Waals surface area contributed by atoms with E-state index < -0.39 is 37.8 Å². The highest BCUT2D eigenvalue weighted by Gasteiger charge is 2.24. The number of halogens is 2. The molecule has 0 heterocycles. The molecule has 0 unspecified atom stereocenters. The Balaban J connectivity index is 3.23. The lowest BCUT2D eigenvalue weighted by Crippen LogP contribution is -2.16. The molecule has 0 aliphatic carbocycles. The van der Waals surface area contributed by atoms with Gasteiger partial charge in [0.05, 0.1) is 17.9 Å². The summed E-state index contributed by atoms with van der Waals surface area (Å²) < 4.78 is 42.8. The van der Waals surface area contributed by atoms with E-state index in [2.05, 4.69) is 15.9 Å². The fourth-order valence-electron chi connectivity index (χ4n) is 1.37. The smallest absolute Gasteiger partial charge is 0.338 e. The highest BCUT2D eigenvalue weighted by atomic mass is 79.9. The highest BCUT2D eigenvalue weighted by molar-refractivity contribution is 9.10. The molecule has 1 N–H and O–H groups in total. The van der Waals surface area contributed by atoms with Crippen LogP contribution in [0.4, 0.5) is 4.39 Å². The van der Waals surface area contributed by atoms with E-state index in [4.69, 9.17) is 9.84 Å². The van der Waals surface area contributed by atoms with Gasteiger partial charge in [0, 0.05) is 11.1 Å². The zero-order valence-electron chi connectivity index (χ0n) is 10.0. The zero-order chi connectivity index (χ0) is 14.6. The minimum atomic E-state index is -3.94. The molecule has 0 aromatic heterocycles. The molecule has 1 aromatic carbocycles. The number of aromatic carboxylic acids is 1. The van der Waals surface area contributed by atoms with Gasteiger partial charge in [-0.2, -0.15) is 0 Å². The van der Waals surface area contributed by atoms with Gasteiger partial charge >= 0.3 is 5.97 Å². The van der Waals surface area contributed by atoms with Crippen molar-refractivity contribution in [1.29, 1.82) is 0 Å². The van der Waals surface area contributed by atoms with Gasteiger partial charge in [0.2, 0.25) is 0 Å². The van der Waals surface area contributed by atoms with Crippen molar-refractivity contribution >= 4 is 31.7 Å². The first kappa shape index (κ1) is 16.1. The summed E-state index contributed by atoms with van der Waals surface area (Å²) in [7, 11) is -3.94. The Morgan fingerprint density at radius 1 is 1.47 bits per heavy atom. The zero-order valence-corrected chi connectivity index (χ0v) is 12.4. The van der Waals surface area contributed by atoms with Crippen LogP contribution in [0.1, 0.15) is 17.3 Å². The van der Waals surface area contributed by atoms with Crippen molar-refractivity contribution in [2.45, 2.75) is 11.8 Å². The van der Waals surface area contributed by atoms with Crippen molar-refractivity contribution in [2.75, 3.05) is 19.0 Å². The summed E-state index contributed by atoms with van der Waals surface area (Å²) in [6, 6.07) is 2.06. The molecule has 106 valence electrons. The summed E-state index contributed by atoms with van der Waals surface area (Å²) in [5.74, 6) is -3.19. The molecule has 0 fully saturated rings. The average molecular weight is 355 g/mol. The molecular formula is C11H12BrFO5S.